The molecule has 2 amide bonds. The van der Waals surface area contributed by atoms with Crippen LogP contribution < -0.4 is 11.1 Å². The maximum atomic E-state index is 12.2. The van der Waals surface area contributed by atoms with Crippen LogP contribution in [0.4, 0.5) is 0 Å². The van der Waals surface area contributed by atoms with Gasteiger partial charge in [0, 0.05) is 12.8 Å². The molecule has 0 aromatic heterocycles. The van der Waals surface area contributed by atoms with Gasteiger partial charge in [-0.25, -0.2) is 0 Å². The molecule has 1 aliphatic carbocycles. The molecule has 4 nitrogen and oxygen atoms in total. The van der Waals surface area contributed by atoms with Crippen LogP contribution in [0.1, 0.15) is 48.8 Å². The van der Waals surface area contributed by atoms with E-state index in [0.717, 1.165) is 29.5 Å². The molecule has 1 atom stereocenters. The Bertz CT molecular complexity index is 528. The molecule has 0 unspecified atom stereocenters. The average molecular weight is 302 g/mol. The predicted octanol–water partition coefficient (Wildman–Crippen LogP) is 2.40. The minimum absolute atomic E-state index is 0.0538. The zero-order chi connectivity index (χ0) is 16.1. The molecule has 1 aromatic carbocycles. The van der Waals surface area contributed by atoms with Crippen molar-refractivity contribution < 1.29 is 9.59 Å². The van der Waals surface area contributed by atoms with Gasteiger partial charge in [0.25, 0.3) is 0 Å². The second kappa shape index (κ2) is 7.43. The van der Waals surface area contributed by atoms with E-state index < -0.39 is 11.9 Å². The third kappa shape index (κ3) is 4.33. The topological polar surface area (TPSA) is 72.2 Å². The summed E-state index contributed by atoms with van der Waals surface area (Å²) in [5.41, 5.74) is 8.82. The summed E-state index contributed by atoms with van der Waals surface area (Å²) < 4.78 is 0. The van der Waals surface area contributed by atoms with Crippen LogP contribution in [0.5, 0.6) is 0 Å². The third-order valence-corrected chi connectivity index (χ3v) is 4.68. The van der Waals surface area contributed by atoms with Crippen molar-refractivity contribution in [3.63, 3.8) is 0 Å². The second-order valence-electron chi connectivity index (χ2n) is 6.45. The molecule has 0 heterocycles. The zero-order valence-corrected chi connectivity index (χ0v) is 13.5. The molecular weight excluding hydrogens is 276 g/mol. The van der Waals surface area contributed by atoms with E-state index in [1.807, 2.05) is 32.0 Å². The third-order valence-electron chi connectivity index (χ3n) is 4.68. The summed E-state index contributed by atoms with van der Waals surface area (Å²) in [6.07, 6.45) is 5.62. The van der Waals surface area contributed by atoms with Gasteiger partial charge in [0.15, 0.2) is 0 Å². The Labute approximate surface area is 132 Å². The van der Waals surface area contributed by atoms with Gasteiger partial charge in [-0.05, 0) is 49.3 Å². The van der Waals surface area contributed by atoms with Crippen molar-refractivity contribution in [1.82, 2.24) is 5.32 Å². The molecule has 1 fully saturated rings. The largest absolute Gasteiger partial charge is 0.368 e. The maximum Gasteiger partial charge on any atom is 0.240 e. The van der Waals surface area contributed by atoms with Gasteiger partial charge >= 0.3 is 0 Å². The van der Waals surface area contributed by atoms with Crippen LogP contribution in [0, 0.1) is 19.8 Å². The Morgan fingerprint density at radius 2 is 1.82 bits per heavy atom. The highest BCUT2D eigenvalue weighted by Crippen LogP contribution is 2.27. The first-order valence-electron chi connectivity index (χ1n) is 8.11. The van der Waals surface area contributed by atoms with Crippen LogP contribution in [0.2, 0.25) is 0 Å². The number of benzene rings is 1. The summed E-state index contributed by atoms with van der Waals surface area (Å²) in [5, 5.41) is 2.83. The quantitative estimate of drug-likeness (QED) is 0.847. The van der Waals surface area contributed by atoms with Gasteiger partial charge < -0.3 is 11.1 Å². The van der Waals surface area contributed by atoms with Gasteiger partial charge in [0.2, 0.25) is 11.8 Å². The van der Waals surface area contributed by atoms with Gasteiger partial charge in [-0.3, -0.25) is 9.59 Å². The van der Waals surface area contributed by atoms with Gasteiger partial charge in [-0.2, -0.15) is 0 Å². The fourth-order valence-electron chi connectivity index (χ4n) is 3.33. The molecule has 3 N–H and O–H groups in total. The van der Waals surface area contributed by atoms with Gasteiger partial charge in [-0.1, -0.05) is 31.0 Å². The molecule has 1 aromatic rings. The number of carbonyl (C=O) groups is 2. The van der Waals surface area contributed by atoms with Gasteiger partial charge in [0.1, 0.15) is 6.04 Å². The fraction of sp³-hybridized carbons (Fsp3) is 0.556. The van der Waals surface area contributed by atoms with Crippen LogP contribution >= 0.6 is 0 Å². The molecule has 1 aliphatic rings. The van der Waals surface area contributed by atoms with Crippen LogP contribution in [0.25, 0.3) is 0 Å². The minimum atomic E-state index is -0.631. The number of aryl methyl sites for hydroxylation is 2. The molecule has 0 aliphatic heterocycles. The lowest BCUT2D eigenvalue weighted by molar-refractivity contribution is -0.127. The fourth-order valence-corrected chi connectivity index (χ4v) is 3.33. The number of nitrogens with one attached hydrogen (secondary N) is 1. The zero-order valence-electron chi connectivity index (χ0n) is 13.5. The number of hydrogen-bond acceptors (Lipinski definition) is 2. The molecule has 1 saturated carbocycles. The van der Waals surface area contributed by atoms with E-state index in [-0.39, 0.29) is 5.91 Å². The molecule has 4 heteroatoms. The van der Waals surface area contributed by atoms with Crippen molar-refractivity contribution in [2.45, 2.75) is 58.4 Å². The number of amides is 2. The van der Waals surface area contributed by atoms with E-state index in [2.05, 4.69) is 5.32 Å². The molecule has 0 saturated heterocycles. The monoisotopic (exact) mass is 302 g/mol. The number of hydrogen-bond donors (Lipinski definition) is 2. The highest BCUT2D eigenvalue weighted by molar-refractivity contribution is 5.87. The van der Waals surface area contributed by atoms with Crippen LogP contribution in [-0.2, 0) is 16.0 Å². The summed E-state index contributed by atoms with van der Waals surface area (Å²) in [6.45, 7) is 4.03. The Hall–Kier alpha value is -1.84. The highest BCUT2D eigenvalue weighted by atomic mass is 16.2. The number of primary amides is 1. The van der Waals surface area contributed by atoms with Crippen LogP contribution in [0.3, 0.4) is 0 Å². The van der Waals surface area contributed by atoms with Crippen molar-refractivity contribution >= 4 is 11.8 Å². The van der Waals surface area contributed by atoms with Crippen molar-refractivity contribution in [2.24, 2.45) is 11.7 Å². The molecule has 22 heavy (non-hydrogen) atoms. The molecule has 0 radical (unpaired) electrons. The Morgan fingerprint density at radius 3 is 2.36 bits per heavy atom. The van der Waals surface area contributed by atoms with Crippen LogP contribution in [-0.4, -0.2) is 17.9 Å². The lowest BCUT2D eigenvalue weighted by atomic mass is 9.95. The first-order valence-corrected chi connectivity index (χ1v) is 8.11. The van der Waals surface area contributed by atoms with Crippen molar-refractivity contribution in [2.75, 3.05) is 0 Å². The SMILES string of the molecule is Cc1cccc(C)c1C[C@@H](NC(=O)CC1CCCC1)C(N)=O. The maximum absolute atomic E-state index is 12.2. The first-order chi connectivity index (χ1) is 10.5. The number of carbonyl (C=O) groups excluding carboxylic acids is 2. The van der Waals surface area contributed by atoms with Gasteiger partial charge in [0.05, 0.1) is 0 Å². The molecule has 120 valence electrons. The molecule has 0 bridgehead atoms. The standard InChI is InChI=1S/C18H26N2O2/c1-12-6-5-7-13(2)15(12)11-16(18(19)22)20-17(21)10-14-8-3-4-9-14/h5-7,14,16H,3-4,8-11H2,1-2H3,(H2,19,22)(H,20,21)/t16-/m1/s1. The predicted molar refractivity (Wildman–Crippen MR) is 87.3 cm³/mol. The summed E-state index contributed by atoms with van der Waals surface area (Å²) >= 11 is 0. The Balaban J connectivity index is 2.00. The van der Waals surface area contributed by atoms with E-state index in [9.17, 15) is 9.59 Å². The van der Waals surface area contributed by atoms with Gasteiger partial charge in [-0.15, -0.1) is 0 Å². The van der Waals surface area contributed by atoms with Crippen molar-refractivity contribution in [1.29, 1.82) is 0 Å². The minimum Gasteiger partial charge on any atom is -0.368 e. The highest BCUT2D eigenvalue weighted by Gasteiger charge is 2.23. The molecule has 0 spiro atoms. The summed E-state index contributed by atoms with van der Waals surface area (Å²) in [6, 6.07) is 5.39. The number of rotatable bonds is 6. The van der Waals surface area contributed by atoms with Crippen LogP contribution in [0.15, 0.2) is 18.2 Å². The van der Waals surface area contributed by atoms with E-state index in [1.54, 1.807) is 0 Å². The van der Waals surface area contributed by atoms with E-state index in [4.69, 9.17) is 5.73 Å². The smallest absolute Gasteiger partial charge is 0.240 e. The Morgan fingerprint density at radius 1 is 1.23 bits per heavy atom. The summed E-state index contributed by atoms with van der Waals surface area (Å²) in [4.78, 5) is 23.9. The second-order valence-corrected chi connectivity index (χ2v) is 6.45. The number of nitrogens with two attached hydrogens (primary N) is 1. The average Bonchev–Trinajstić information content (AvgIpc) is 2.94. The van der Waals surface area contributed by atoms with E-state index in [1.165, 1.54) is 12.8 Å². The van der Waals surface area contributed by atoms with Crippen molar-refractivity contribution in [3.05, 3.63) is 34.9 Å². The molecule has 2 rings (SSSR count). The summed E-state index contributed by atoms with van der Waals surface area (Å²) in [7, 11) is 0. The first kappa shape index (κ1) is 16.5. The lowest BCUT2D eigenvalue weighted by Gasteiger charge is -2.19. The lowest BCUT2D eigenvalue weighted by Crippen LogP contribution is -2.46. The van der Waals surface area contributed by atoms with E-state index in [0.29, 0.717) is 18.8 Å². The normalized spacial score (nSPS) is 16.5. The van der Waals surface area contributed by atoms with E-state index >= 15 is 0 Å². The van der Waals surface area contributed by atoms with Crippen molar-refractivity contribution in [3.8, 4) is 0 Å². The molecular formula is C18H26N2O2. The Kier molecular flexibility index (Phi) is 5.58. The summed E-state index contributed by atoms with van der Waals surface area (Å²) in [5.74, 6) is -0.0573.